The summed E-state index contributed by atoms with van der Waals surface area (Å²) >= 11 is 65.9. The highest BCUT2D eigenvalue weighted by molar-refractivity contribution is 6.57. The van der Waals surface area contributed by atoms with Crippen molar-refractivity contribution in [2.24, 2.45) is 0 Å². The van der Waals surface area contributed by atoms with Crippen molar-refractivity contribution in [1.29, 1.82) is 0 Å². The number of nitrogens with one attached hydrogen (secondary N) is 6. The van der Waals surface area contributed by atoms with Crippen LogP contribution in [-0.4, -0.2) is 56.4 Å². The molecule has 0 fully saturated rings. The quantitative estimate of drug-likeness (QED) is 0.0253. The number of halogens is 10. The van der Waals surface area contributed by atoms with Gasteiger partial charge in [-0.05, 0) is 107 Å². The lowest BCUT2D eigenvalue weighted by Crippen LogP contribution is -2.24. The zero-order chi connectivity index (χ0) is 70.1. The molecule has 8 rings (SSSR count). The molecule has 0 aliphatic carbocycles. The molecule has 0 bridgehead atoms. The van der Waals surface area contributed by atoms with Gasteiger partial charge in [-0.1, -0.05) is 235 Å². The molecule has 95 heavy (non-hydrogen) atoms. The van der Waals surface area contributed by atoms with Crippen LogP contribution in [0.3, 0.4) is 0 Å². The van der Waals surface area contributed by atoms with Gasteiger partial charge >= 0.3 is 0 Å². The molecule has 0 atom stereocenters. The lowest BCUT2D eigenvalue weighted by Gasteiger charge is -2.30. The summed E-state index contributed by atoms with van der Waals surface area (Å²) < 4.78 is 14.0. The molecule has 2 aromatic heterocycles. The van der Waals surface area contributed by atoms with E-state index in [0.29, 0.717) is 11.5 Å². The summed E-state index contributed by atoms with van der Waals surface area (Å²) in [5, 5.41) is 13.6. The van der Waals surface area contributed by atoms with Gasteiger partial charge in [0.25, 0.3) is 34.7 Å². The Morgan fingerprint density at radius 2 is 0.737 bits per heavy atom. The number of hydrogen-bond donors (Lipinski definition) is 6. The molecule has 6 N–H and O–H groups in total. The predicted molar refractivity (Wildman–Crippen MR) is 389 cm³/mol. The number of amides is 4. The van der Waals surface area contributed by atoms with Crippen LogP contribution in [0.15, 0.2) is 94.5 Å². The maximum Gasteiger partial charge on any atom is 0.277 e. The molecule has 2 heterocycles. The first-order valence-electron chi connectivity index (χ1n) is 30.2. The average Bonchev–Trinajstić information content (AvgIpc) is 1.23. The van der Waals surface area contributed by atoms with Crippen LogP contribution in [0.4, 0.5) is 23.0 Å². The molecular weight excluding hydrogens is 1420 g/mol. The fourth-order valence-corrected chi connectivity index (χ4v) is 12.7. The molecule has 16 nitrogen and oxygen atoms in total. The smallest absolute Gasteiger partial charge is 0.277 e. The summed E-state index contributed by atoms with van der Waals surface area (Å²) in [7, 11) is 0. The molecule has 4 amide bonds. The Morgan fingerprint density at radius 1 is 0.421 bits per heavy atom. The number of aromatic nitrogens is 4. The monoisotopic (exact) mass is 1490 g/mol. The van der Waals surface area contributed by atoms with E-state index in [4.69, 9.17) is 125 Å². The summed E-state index contributed by atoms with van der Waals surface area (Å²) in [5.74, 6) is -2.29. The van der Waals surface area contributed by atoms with Gasteiger partial charge in [0.15, 0.2) is 13.2 Å². The third-order valence-electron chi connectivity index (χ3n) is 17.7. The Morgan fingerprint density at radius 3 is 1.05 bits per heavy atom. The zero-order valence-corrected chi connectivity index (χ0v) is 61.5. The summed E-state index contributed by atoms with van der Waals surface area (Å²) in [4.78, 5) is 86.6. The number of aromatic amines is 2. The van der Waals surface area contributed by atoms with Crippen LogP contribution < -0.4 is 41.9 Å². The van der Waals surface area contributed by atoms with E-state index < -0.39 is 41.2 Å². The fourth-order valence-electron chi connectivity index (χ4n) is 10.1. The van der Waals surface area contributed by atoms with Crippen LogP contribution >= 0.6 is 116 Å². The van der Waals surface area contributed by atoms with E-state index in [-0.39, 0.29) is 142 Å². The molecule has 8 aromatic rings. The SMILES string of the molecule is CCC(C)(C)c1ccc(OCC(=O)Nc2cccc(C(=O)Nc3[nH]n(-c4c(Cl)c(Cl)c(Cl)c(Cl)c4Cl)c(=O)c3Cc3c(NC(=O)c4cccc(NC(=O)COc5ccc(C(C)(C)CC)cc5C(C)(C)CC)c4)[nH]n(-c4c(Cl)c(Cl)c(Cl)c(Cl)c4Cl)c3=O)c2)c(C(C)(C)CC)c1. The van der Waals surface area contributed by atoms with Crippen LogP contribution in [0, 0.1) is 0 Å². The minimum Gasteiger partial charge on any atom is -0.483 e. The molecule has 0 radical (unpaired) electrons. The highest BCUT2D eigenvalue weighted by Gasteiger charge is 2.33. The number of hydrogen-bond acceptors (Lipinski definition) is 8. The zero-order valence-electron chi connectivity index (χ0n) is 54.0. The van der Waals surface area contributed by atoms with Crippen molar-refractivity contribution < 1.29 is 28.7 Å². The molecule has 0 spiro atoms. The molecule has 26 heteroatoms. The number of carbonyl (C=O) groups excluding carboxylic acids is 4. The number of nitrogens with zero attached hydrogens (tertiary/aromatic N) is 2. The maximum absolute atomic E-state index is 15.1. The Hall–Kier alpha value is -6.28. The Balaban J connectivity index is 1.14. The number of anilines is 4. The number of benzene rings is 6. The largest absolute Gasteiger partial charge is 0.483 e. The fraction of sp³-hybridized carbons (Fsp3) is 0.333. The minimum atomic E-state index is -0.984. The Labute approximate surface area is 600 Å². The average molecular weight is 1490 g/mol. The Bertz CT molecular complexity index is 4130. The van der Waals surface area contributed by atoms with E-state index in [9.17, 15) is 19.2 Å². The normalized spacial score (nSPS) is 12.0. The summed E-state index contributed by atoms with van der Waals surface area (Å²) in [6.45, 7) is 24.9. The van der Waals surface area contributed by atoms with Crippen LogP contribution in [-0.2, 0) is 37.7 Å². The molecular formula is C69H70Cl10N8O8. The van der Waals surface area contributed by atoms with E-state index in [0.717, 1.165) is 57.3 Å². The topological polar surface area (TPSA) is 210 Å². The third kappa shape index (κ3) is 15.8. The van der Waals surface area contributed by atoms with Gasteiger partial charge in [0, 0.05) is 40.0 Å². The lowest BCUT2D eigenvalue weighted by atomic mass is 9.76. The summed E-state index contributed by atoms with van der Waals surface area (Å²) in [5.41, 5.74) is 0.565. The van der Waals surface area contributed by atoms with Gasteiger partial charge in [-0.3, -0.25) is 39.0 Å². The van der Waals surface area contributed by atoms with Gasteiger partial charge < -0.3 is 30.7 Å². The first kappa shape index (κ1) is 74.5. The second kappa shape index (κ2) is 29.8. The van der Waals surface area contributed by atoms with E-state index in [1.807, 2.05) is 24.3 Å². The van der Waals surface area contributed by atoms with Gasteiger partial charge in [0.2, 0.25) is 0 Å². The number of rotatable bonds is 24. The highest BCUT2D eigenvalue weighted by Crippen LogP contribution is 2.48. The van der Waals surface area contributed by atoms with Crippen molar-refractivity contribution in [3.63, 3.8) is 0 Å². The van der Waals surface area contributed by atoms with Crippen LogP contribution in [0.5, 0.6) is 11.5 Å². The first-order chi connectivity index (χ1) is 44.5. The van der Waals surface area contributed by atoms with E-state index >= 15 is 9.59 Å². The van der Waals surface area contributed by atoms with Gasteiger partial charge in [-0.15, -0.1) is 0 Å². The summed E-state index contributed by atoms with van der Waals surface area (Å²) in [6.07, 6.45) is 2.72. The van der Waals surface area contributed by atoms with E-state index in [1.54, 1.807) is 12.1 Å². The van der Waals surface area contributed by atoms with Gasteiger partial charge in [0.05, 0.1) is 61.4 Å². The van der Waals surface area contributed by atoms with Crippen molar-refractivity contribution in [2.45, 2.75) is 137 Å². The van der Waals surface area contributed by atoms with Crippen molar-refractivity contribution >= 4 is 163 Å². The maximum atomic E-state index is 15.1. The highest BCUT2D eigenvalue weighted by atomic mass is 35.5. The van der Waals surface area contributed by atoms with Crippen LogP contribution in [0.25, 0.3) is 11.4 Å². The van der Waals surface area contributed by atoms with Crippen LogP contribution in [0.1, 0.15) is 163 Å². The first-order valence-corrected chi connectivity index (χ1v) is 34.0. The number of H-pyrrole nitrogens is 2. The van der Waals surface area contributed by atoms with Crippen molar-refractivity contribution in [1.82, 2.24) is 19.6 Å². The molecule has 0 aliphatic rings. The molecule has 0 saturated heterocycles. The van der Waals surface area contributed by atoms with Crippen molar-refractivity contribution in [3.8, 4) is 22.9 Å². The van der Waals surface area contributed by atoms with Crippen molar-refractivity contribution in [3.05, 3.63) is 200 Å². The van der Waals surface area contributed by atoms with Crippen molar-refractivity contribution in [2.75, 3.05) is 34.5 Å². The van der Waals surface area contributed by atoms with Gasteiger partial charge in [-0.2, -0.15) is 0 Å². The predicted octanol–water partition coefficient (Wildman–Crippen LogP) is 20.1. The standard InChI is InChI=1S/C69H70Cl10N8O8/c1-13-66(5,6)36-23-25-44(42(29-36)68(9,10)15-3)94-32-46(88)80-38-21-17-19-34(27-38)62(90)82-60-40(64(92)86(84-60)58-54(76)50(72)48(70)51(73)55(58)77)31-41-61(85-87(65(41)93)59-56(78)52(74)49(71)53(75)57(59)79)83-63(91)35-20-18-22-39(28-35)81-47(89)33-95-45-26-24-37(67(7,8)14-2)30-43(45)69(11,12)16-4/h17-30,84-85H,13-16,31-33H2,1-12H3,(H,80,88)(H,81,89)(H,82,90)(H,83,91). The van der Waals surface area contributed by atoms with Gasteiger partial charge in [0.1, 0.15) is 34.5 Å². The van der Waals surface area contributed by atoms with Crippen LogP contribution in [0.2, 0.25) is 50.2 Å². The molecule has 6 aromatic carbocycles. The second-order valence-electron chi connectivity index (χ2n) is 25.3. The Kier molecular flexibility index (Phi) is 23.4. The molecule has 0 aliphatic heterocycles. The third-order valence-corrected chi connectivity index (χ3v) is 22.2. The lowest BCUT2D eigenvalue weighted by molar-refractivity contribution is -0.118. The second-order valence-corrected chi connectivity index (χ2v) is 29.1. The van der Waals surface area contributed by atoms with Gasteiger partial charge in [-0.25, -0.2) is 9.36 Å². The number of carbonyl (C=O) groups is 4. The molecule has 0 unspecified atom stereocenters. The van der Waals surface area contributed by atoms with E-state index in [1.165, 1.54) is 36.4 Å². The molecule has 504 valence electrons. The number of ether oxygens (including phenoxy) is 2. The van der Waals surface area contributed by atoms with E-state index in [2.05, 4.69) is 127 Å². The summed E-state index contributed by atoms with van der Waals surface area (Å²) in [6, 6.07) is 23.9. The minimum absolute atomic E-state index is 0.0202. The molecule has 0 saturated carbocycles.